The van der Waals surface area contributed by atoms with Gasteiger partial charge in [-0.1, -0.05) is 0 Å². The monoisotopic (exact) mass is 197 g/mol. The molecular formula is C9H11NO4. The van der Waals surface area contributed by atoms with Gasteiger partial charge in [-0.3, -0.25) is 0 Å². The maximum Gasteiger partial charge on any atom is 0.371 e. The van der Waals surface area contributed by atoms with E-state index in [0.29, 0.717) is 13.2 Å². The minimum absolute atomic E-state index is 0.0218. The van der Waals surface area contributed by atoms with Crippen molar-refractivity contribution in [1.29, 1.82) is 0 Å². The zero-order chi connectivity index (χ0) is 9.97. The Bertz CT molecular complexity index is 327. The van der Waals surface area contributed by atoms with Crippen LogP contribution in [0.2, 0.25) is 0 Å². The van der Waals surface area contributed by atoms with E-state index in [9.17, 15) is 4.79 Å². The molecule has 0 atom stereocenters. The fraction of sp³-hybridized carbons (Fsp3) is 0.444. The molecule has 1 aliphatic heterocycles. The average Bonchev–Trinajstić information content (AvgIpc) is 2.68. The Kier molecular flexibility index (Phi) is 2.41. The number of morpholine rings is 1. The van der Waals surface area contributed by atoms with E-state index in [2.05, 4.69) is 0 Å². The van der Waals surface area contributed by atoms with Crippen LogP contribution in [0.1, 0.15) is 10.6 Å². The van der Waals surface area contributed by atoms with Crippen molar-refractivity contribution in [3.8, 4) is 0 Å². The number of aromatic carboxylic acids is 1. The van der Waals surface area contributed by atoms with E-state index in [0.717, 1.165) is 18.8 Å². The van der Waals surface area contributed by atoms with Crippen LogP contribution < -0.4 is 4.90 Å². The maximum atomic E-state index is 10.6. The van der Waals surface area contributed by atoms with Gasteiger partial charge in [-0.05, 0) is 0 Å². The number of rotatable bonds is 2. The van der Waals surface area contributed by atoms with Gasteiger partial charge in [-0.2, -0.15) is 0 Å². The zero-order valence-corrected chi connectivity index (χ0v) is 7.60. The Hall–Kier alpha value is -1.49. The van der Waals surface area contributed by atoms with Crippen LogP contribution in [0, 0.1) is 0 Å². The highest BCUT2D eigenvalue weighted by Gasteiger charge is 2.15. The lowest BCUT2D eigenvalue weighted by Gasteiger charge is -2.27. The van der Waals surface area contributed by atoms with Crippen molar-refractivity contribution in [2.75, 3.05) is 31.2 Å². The van der Waals surface area contributed by atoms with Crippen LogP contribution >= 0.6 is 0 Å². The lowest BCUT2D eigenvalue weighted by Crippen LogP contribution is -2.35. The molecule has 1 fully saturated rings. The van der Waals surface area contributed by atoms with Gasteiger partial charge >= 0.3 is 5.97 Å². The first-order valence-electron chi connectivity index (χ1n) is 4.42. The quantitative estimate of drug-likeness (QED) is 0.760. The molecule has 1 N–H and O–H groups in total. The summed E-state index contributed by atoms with van der Waals surface area (Å²) in [5.41, 5.74) is 0.811. The minimum atomic E-state index is -1.04. The molecule has 0 aliphatic carbocycles. The van der Waals surface area contributed by atoms with Crippen molar-refractivity contribution in [3.63, 3.8) is 0 Å². The van der Waals surface area contributed by atoms with Gasteiger partial charge < -0.3 is 19.2 Å². The second kappa shape index (κ2) is 3.71. The van der Waals surface area contributed by atoms with Gasteiger partial charge in [0.2, 0.25) is 5.76 Å². The Balaban J connectivity index is 2.11. The summed E-state index contributed by atoms with van der Waals surface area (Å²) < 4.78 is 10.1. The van der Waals surface area contributed by atoms with Crippen LogP contribution in [0.3, 0.4) is 0 Å². The molecule has 1 saturated heterocycles. The fourth-order valence-electron chi connectivity index (χ4n) is 1.43. The van der Waals surface area contributed by atoms with Gasteiger partial charge in [0, 0.05) is 19.2 Å². The molecule has 0 unspecified atom stereocenters. The Morgan fingerprint density at radius 1 is 1.43 bits per heavy atom. The molecule has 14 heavy (non-hydrogen) atoms. The number of carboxylic acids is 1. The summed E-state index contributed by atoms with van der Waals surface area (Å²) >= 11 is 0. The van der Waals surface area contributed by atoms with E-state index in [1.54, 1.807) is 0 Å². The highest BCUT2D eigenvalue weighted by Crippen LogP contribution is 2.19. The van der Waals surface area contributed by atoms with Gasteiger partial charge in [0.1, 0.15) is 6.26 Å². The highest BCUT2D eigenvalue weighted by molar-refractivity contribution is 5.85. The molecule has 0 amide bonds. The van der Waals surface area contributed by atoms with E-state index in [4.69, 9.17) is 14.3 Å². The minimum Gasteiger partial charge on any atom is -0.475 e. The third-order valence-electron chi connectivity index (χ3n) is 2.17. The Morgan fingerprint density at radius 2 is 2.14 bits per heavy atom. The SMILES string of the molecule is O=C(O)c1cc(N2CCOCC2)co1. The van der Waals surface area contributed by atoms with Gasteiger partial charge in [0.15, 0.2) is 0 Å². The van der Waals surface area contributed by atoms with Crippen LogP contribution in [0.4, 0.5) is 5.69 Å². The smallest absolute Gasteiger partial charge is 0.371 e. The van der Waals surface area contributed by atoms with Gasteiger partial charge in [-0.25, -0.2) is 4.79 Å². The van der Waals surface area contributed by atoms with Crippen molar-refractivity contribution in [3.05, 3.63) is 18.1 Å². The molecule has 2 heterocycles. The first-order chi connectivity index (χ1) is 6.77. The molecule has 0 bridgehead atoms. The number of furan rings is 1. The molecule has 2 rings (SSSR count). The van der Waals surface area contributed by atoms with Crippen molar-refractivity contribution in [2.24, 2.45) is 0 Å². The topological polar surface area (TPSA) is 62.9 Å². The van der Waals surface area contributed by atoms with Crippen LogP contribution in [0.15, 0.2) is 16.7 Å². The standard InChI is InChI=1S/C9H11NO4/c11-9(12)8-5-7(6-14-8)10-1-3-13-4-2-10/h5-6H,1-4H2,(H,11,12). The summed E-state index contributed by atoms with van der Waals surface area (Å²) in [6, 6.07) is 1.54. The summed E-state index contributed by atoms with van der Waals surface area (Å²) in [5.74, 6) is -1.06. The lowest BCUT2D eigenvalue weighted by atomic mass is 10.3. The van der Waals surface area contributed by atoms with Crippen molar-refractivity contribution in [2.45, 2.75) is 0 Å². The van der Waals surface area contributed by atoms with E-state index >= 15 is 0 Å². The summed E-state index contributed by atoms with van der Waals surface area (Å²) in [5, 5.41) is 8.66. The van der Waals surface area contributed by atoms with Crippen molar-refractivity contribution < 1.29 is 19.1 Å². The average molecular weight is 197 g/mol. The summed E-state index contributed by atoms with van der Waals surface area (Å²) in [4.78, 5) is 12.6. The summed E-state index contributed by atoms with van der Waals surface area (Å²) in [7, 11) is 0. The summed E-state index contributed by atoms with van der Waals surface area (Å²) in [6.07, 6.45) is 1.47. The van der Waals surface area contributed by atoms with E-state index in [1.807, 2.05) is 4.90 Å². The zero-order valence-electron chi connectivity index (χ0n) is 7.60. The first-order valence-corrected chi connectivity index (χ1v) is 4.42. The lowest BCUT2D eigenvalue weighted by molar-refractivity contribution is 0.0662. The first kappa shape index (κ1) is 9.08. The van der Waals surface area contributed by atoms with Crippen molar-refractivity contribution in [1.82, 2.24) is 0 Å². The predicted molar refractivity (Wildman–Crippen MR) is 48.7 cm³/mol. The molecule has 1 aromatic heterocycles. The molecule has 76 valence electrons. The second-order valence-corrected chi connectivity index (χ2v) is 3.07. The van der Waals surface area contributed by atoms with E-state index in [-0.39, 0.29) is 5.76 Å². The molecule has 0 spiro atoms. The predicted octanol–water partition coefficient (Wildman–Crippen LogP) is 0.814. The molecule has 1 aliphatic rings. The fourth-order valence-corrected chi connectivity index (χ4v) is 1.43. The number of carboxylic acid groups (broad SMARTS) is 1. The molecule has 5 nitrogen and oxygen atoms in total. The van der Waals surface area contributed by atoms with Gasteiger partial charge in [0.25, 0.3) is 0 Å². The van der Waals surface area contributed by atoms with E-state index < -0.39 is 5.97 Å². The Labute approximate surface area is 80.9 Å². The van der Waals surface area contributed by atoms with Crippen LogP contribution in [0.5, 0.6) is 0 Å². The molecule has 0 radical (unpaired) electrons. The number of anilines is 1. The Morgan fingerprint density at radius 3 is 2.71 bits per heavy atom. The highest BCUT2D eigenvalue weighted by atomic mass is 16.5. The largest absolute Gasteiger partial charge is 0.475 e. The second-order valence-electron chi connectivity index (χ2n) is 3.07. The van der Waals surface area contributed by atoms with E-state index in [1.165, 1.54) is 12.3 Å². The molecule has 1 aromatic rings. The third kappa shape index (κ3) is 1.72. The molecular weight excluding hydrogens is 186 g/mol. The molecule has 0 aromatic carbocycles. The van der Waals surface area contributed by atoms with Gasteiger partial charge in [0.05, 0.1) is 18.9 Å². The maximum absolute atomic E-state index is 10.6. The van der Waals surface area contributed by atoms with Crippen LogP contribution in [-0.2, 0) is 4.74 Å². The number of ether oxygens (including phenoxy) is 1. The number of carbonyl (C=O) groups is 1. The number of hydrogen-bond acceptors (Lipinski definition) is 4. The molecule has 0 saturated carbocycles. The summed E-state index contributed by atoms with van der Waals surface area (Å²) in [6.45, 7) is 2.90. The number of hydrogen-bond donors (Lipinski definition) is 1. The van der Waals surface area contributed by atoms with Crippen molar-refractivity contribution >= 4 is 11.7 Å². The molecule has 5 heteroatoms. The van der Waals surface area contributed by atoms with Crippen LogP contribution in [-0.4, -0.2) is 37.4 Å². The number of nitrogens with zero attached hydrogens (tertiary/aromatic N) is 1. The normalized spacial score (nSPS) is 17.0. The van der Waals surface area contributed by atoms with Crippen LogP contribution in [0.25, 0.3) is 0 Å². The van der Waals surface area contributed by atoms with Gasteiger partial charge in [-0.15, -0.1) is 0 Å². The third-order valence-corrected chi connectivity index (χ3v) is 2.17.